The topological polar surface area (TPSA) is 9.23 Å². The van der Waals surface area contributed by atoms with Crippen LogP contribution in [0.4, 0.5) is 0 Å². The van der Waals surface area contributed by atoms with Gasteiger partial charge in [0.1, 0.15) is 0 Å². The summed E-state index contributed by atoms with van der Waals surface area (Å²) in [6.45, 7) is 2.00. The van der Waals surface area contributed by atoms with Gasteiger partial charge in [-0.15, -0.1) is 0 Å². The van der Waals surface area contributed by atoms with E-state index < -0.39 is 0 Å². The van der Waals surface area contributed by atoms with Gasteiger partial charge in [-0.1, -0.05) is 0 Å². The van der Waals surface area contributed by atoms with Crippen molar-refractivity contribution in [2.45, 2.75) is 12.8 Å². The van der Waals surface area contributed by atoms with Crippen LogP contribution in [0.1, 0.15) is 12.8 Å². The van der Waals surface area contributed by atoms with Crippen LogP contribution >= 0.6 is 0 Å². The minimum Gasteiger partial charge on any atom is -1.00 e. The fourth-order valence-corrected chi connectivity index (χ4v) is 0.510. The van der Waals surface area contributed by atoms with Crippen LogP contribution in [0, 0.1) is 0 Å². The summed E-state index contributed by atoms with van der Waals surface area (Å²) in [6, 6.07) is 0. The standard InChI is InChI=1S/C4H12N.C4H8O.FH/c1-5(2,3)4;1-2-4-5-3-1;/h1-4H3;1-4H2;1H/q+1;;/p-1. The number of hydrogen-bond donors (Lipinski definition) is 0. The molecule has 0 aliphatic carbocycles. The van der Waals surface area contributed by atoms with Gasteiger partial charge in [0.2, 0.25) is 0 Å². The van der Waals surface area contributed by atoms with Crippen LogP contribution in [0.5, 0.6) is 0 Å². The Morgan fingerprint density at radius 3 is 1.27 bits per heavy atom. The molecule has 1 aliphatic rings. The summed E-state index contributed by atoms with van der Waals surface area (Å²) in [4.78, 5) is 0. The molecule has 0 unspecified atom stereocenters. The van der Waals surface area contributed by atoms with E-state index in [0.29, 0.717) is 0 Å². The van der Waals surface area contributed by atoms with Gasteiger partial charge in [-0.05, 0) is 12.8 Å². The van der Waals surface area contributed by atoms with Gasteiger partial charge in [-0.25, -0.2) is 0 Å². The Morgan fingerprint density at radius 1 is 0.909 bits per heavy atom. The third-order valence-electron chi connectivity index (χ3n) is 0.827. The average molecular weight is 165 g/mol. The van der Waals surface area contributed by atoms with Gasteiger partial charge in [0.15, 0.2) is 0 Å². The molecule has 70 valence electrons. The van der Waals surface area contributed by atoms with Gasteiger partial charge in [0.25, 0.3) is 0 Å². The molecule has 0 spiro atoms. The second kappa shape index (κ2) is 6.55. The van der Waals surface area contributed by atoms with E-state index in [4.69, 9.17) is 4.74 Å². The van der Waals surface area contributed by atoms with Crippen molar-refractivity contribution < 1.29 is 13.9 Å². The predicted octanol–water partition coefficient (Wildman–Crippen LogP) is -1.88. The summed E-state index contributed by atoms with van der Waals surface area (Å²) in [5, 5.41) is 0. The van der Waals surface area contributed by atoms with Crippen molar-refractivity contribution in [3.63, 3.8) is 0 Å². The number of quaternary nitrogens is 1. The van der Waals surface area contributed by atoms with Crippen LogP contribution in [0.25, 0.3) is 0 Å². The molecule has 1 fully saturated rings. The molecule has 1 saturated heterocycles. The SMILES string of the molecule is C1CCOC1.C[N+](C)(C)C.[F-]. The number of nitrogens with zero attached hydrogens (tertiary/aromatic N) is 1. The first kappa shape index (κ1) is 13.4. The molecule has 0 radical (unpaired) electrons. The molecule has 1 rings (SSSR count). The van der Waals surface area contributed by atoms with Crippen LogP contribution < -0.4 is 4.70 Å². The molecule has 0 N–H and O–H groups in total. The second-order valence-electron chi connectivity index (χ2n) is 4.00. The Kier molecular flexibility index (Phi) is 8.01. The Balaban J connectivity index is 0. The van der Waals surface area contributed by atoms with Crippen LogP contribution in [-0.2, 0) is 4.74 Å². The average Bonchev–Trinajstić information content (AvgIpc) is 2.07. The first-order valence-electron chi connectivity index (χ1n) is 3.87. The summed E-state index contributed by atoms with van der Waals surface area (Å²) in [5.74, 6) is 0. The van der Waals surface area contributed by atoms with Crippen molar-refractivity contribution in [1.29, 1.82) is 0 Å². The molecule has 0 aromatic heterocycles. The molecular formula is C8H20FNO. The minimum absolute atomic E-state index is 0. The van der Waals surface area contributed by atoms with Gasteiger partial charge in [0.05, 0.1) is 28.2 Å². The van der Waals surface area contributed by atoms with Crippen molar-refractivity contribution in [2.24, 2.45) is 0 Å². The van der Waals surface area contributed by atoms with Crippen molar-refractivity contribution in [3.8, 4) is 0 Å². The van der Waals surface area contributed by atoms with E-state index in [1.54, 1.807) is 0 Å². The van der Waals surface area contributed by atoms with Crippen molar-refractivity contribution >= 4 is 0 Å². The van der Waals surface area contributed by atoms with Crippen LogP contribution in [0.15, 0.2) is 0 Å². The first-order chi connectivity index (χ1) is 4.50. The smallest absolute Gasteiger partial charge is 0.0675 e. The van der Waals surface area contributed by atoms with E-state index in [0.717, 1.165) is 17.7 Å². The molecule has 0 bridgehead atoms. The molecule has 1 heterocycles. The van der Waals surface area contributed by atoms with E-state index in [1.807, 2.05) is 0 Å². The van der Waals surface area contributed by atoms with Crippen molar-refractivity contribution in [3.05, 3.63) is 0 Å². The van der Waals surface area contributed by atoms with E-state index in [2.05, 4.69) is 28.2 Å². The van der Waals surface area contributed by atoms with Crippen molar-refractivity contribution in [1.82, 2.24) is 0 Å². The summed E-state index contributed by atoms with van der Waals surface area (Å²) in [5.41, 5.74) is 0. The van der Waals surface area contributed by atoms with Gasteiger partial charge in [-0.3, -0.25) is 0 Å². The normalized spacial score (nSPS) is 16.4. The van der Waals surface area contributed by atoms with Crippen LogP contribution in [-0.4, -0.2) is 45.9 Å². The van der Waals surface area contributed by atoms with Gasteiger partial charge in [0, 0.05) is 13.2 Å². The lowest BCUT2D eigenvalue weighted by Crippen LogP contribution is -3.00. The highest BCUT2D eigenvalue weighted by atomic mass is 19.0. The fourth-order valence-electron chi connectivity index (χ4n) is 0.510. The molecule has 11 heavy (non-hydrogen) atoms. The highest BCUT2D eigenvalue weighted by Crippen LogP contribution is 1.98. The zero-order valence-corrected chi connectivity index (χ0v) is 8.06. The van der Waals surface area contributed by atoms with Gasteiger partial charge >= 0.3 is 0 Å². The third-order valence-corrected chi connectivity index (χ3v) is 0.827. The van der Waals surface area contributed by atoms with E-state index >= 15 is 0 Å². The molecule has 0 amide bonds. The number of ether oxygens (including phenoxy) is 1. The Labute approximate surface area is 69.1 Å². The lowest BCUT2D eigenvalue weighted by atomic mass is 10.4. The van der Waals surface area contributed by atoms with E-state index in [1.165, 1.54) is 12.8 Å². The predicted molar refractivity (Wildman–Crippen MR) is 44.0 cm³/mol. The van der Waals surface area contributed by atoms with Gasteiger partial charge in [-0.2, -0.15) is 0 Å². The molecule has 0 saturated carbocycles. The monoisotopic (exact) mass is 165 g/mol. The summed E-state index contributed by atoms with van der Waals surface area (Å²) in [6.07, 6.45) is 2.56. The zero-order valence-electron chi connectivity index (χ0n) is 8.06. The summed E-state index contributed by atoms with van der Waals surface area (Å²) >= 11 is 0. The molecular weight excluding hydrogens is 145 g/mol. The lowest BCUT2D eigenvalue weighted by molar-refractivity contribution is -0.849. The molecule has 0 aromatic carbocycles. The molecule has 3 heteroatoms. The summed E-state index contributed by atoms with van der Waals surface area (Å²) < 4.78 is 5.94. The quantitative estimate of drug-likeness (QED) is 0.382. The third kappa shape index (κ3) is 25.8. The number of halogens is 1. The number of rotatable bonds is 0. The molecule has 0 atom stereocenters. The number of hydrogen-bond acceptors (Lipinski definition) is 1. The zero-order chi connectivity index (χ0) is 8.04. The highest BCUT2D eigenvalue weighted by Gasteiger charge is 1.94. The Hall–Kier alpha value is -0.150. The minimum atomic E-state index is 0. The highest BCUT2D eigenvalue weighted by molar-refractivity contribution is 4.43. The second-order valence-corrected chi connectivity index (χ2v) is 4.00. The fraction of sp³-hybridized carbons (Fsp3) is 1.00. The van der Waals surface area contributed by atoms with Crippen molar-refractivity contribution in [2.75, 3.05) is 41.4 Å². The Morgan fingerprint density at radius 2 is 1.18 bits per heavy atom. The van der Waals surface area contributed by atoms with Crippen LogP contribution in [0.2, 0.25) is 0 Å². The largest absolute Gasteiger partial charge is 1.00 e. The maximum absolute atomic E-state index is 4.94. The lowest BCUT2D eigenvalue weighted by Gasteiger charge is -2.14. The van der Waals surface area contributed by atoms with Gasteiger partial charge < -0.3 is 13.9 Å². The Bertz CT molecular complexity index is 63.0. The molecule has 2 nitrogen and oxygen atoms in total. The van der Waals surface area contributed by atoms with E-state index in [9.17, 15) is 0 Å². The summed E-state index contributed by atoms with van der Waals surface area (Å²) in [7, 11) is 8.50. The first-order valence-corrected chi connectivity index (χ1v) is 3.87. The molecule has 1 aliphatic heterocycles. The van der Waals surface area contributed by atoms with Crippen LogP contribution in [0.3, 0.4) is 0 Å². The maximum Gasteiger partial charge on any atom is 0.0675 e. The maximum atomic E-state index is 4.94. The van der Waals surface area contributed by atoms with E-state index in [-0.39, 0.29) is 4.70 Å². The molecule has 0 aromatic rings.